The number of phenols is 1. The third-order valence-corrected chi connectivity index (χ3v) is 14.7. The van der Waals surface area contributed by atoms with Crippen LogP contribution in [0.1, 0.15) is 125 Å². The van der Waals surface area contributed by atoms with Crippen molar-refractivity contribution in [2.24, 2.45) is 0 Å². The number of pyridine rings is 1. The molecule has 332 valence electrons. The van der Waals surface area contributed by atoms with Crippen molar-refractivity contribution in [2.75, 3.05) is 0 Å². The van der Waals surface area contributed by atoms with Crippen LogP contribution in [0.5, 0.6) is 5.75 Å². The van der Waals surface area contributed by atoms with Crippen molar-refractivity contribution < 1.29 is 9.22 Å². The fraction of sp³-hybridized carbons (Fsp3) is 0.311. The molecule has 65 heavy (non-hydrogen) atoms. The summed E-state index contributed by atoms with van der Waals surface area (Å²) in [6.45, 7) is 21.7. The highest BCUT2D eigenvalue weighted by molar-refractivity contribution is 5.97. The van der Waals surface area contributed by atoms with Crippen LogP contribution in [0.4, 0.5) is 0 Å². The highest BCUT2D eigenvalue weighted by atomic mass is 16.3. The molecule has 0 aliphatic heterocycles. The number of hydrogen-bond acceptors (Lipinski definition) is 3. The molecule has 6 aromatic carbocycles. The van der Waals surface area contributed by atoms with Crippen LogP contribution in [-0.4, -0.2) is 19.6 Å². The Balaban J connectivity index is 1.43. The Morgan fingerprint density at radius 2 is 1.25 bits per heavy atom. The Labute approximate surface area is 392 Å². The highest BCUT2D eigenvalue weighted by Gasteiger charge is 2.33. The predicted molar refractivity (Wildman–Crippen MR) is 276 cm³/mol. The lowest BCUT2D eigenvalue weighted by Gasteiger charge is -2.36. The zero-order chi connectivity index (χ0) is 48.9. The molecule has 0 amide bonds. The molecule has 4 nitrogen and oxygen atoms in total. The summed E-state index contributed by atoms with van der Waals surface area (Å²) in [5.74, 6) is 0.576. The number of nitrogens with zero attached hydrogens (tertiary/aromatic N) is 3. The zero-order valence-corrected chi connectivity index (χ0v) is 40.3. The van der Waals surface area contributed by atoms with Gasteiger partial charge in [0.05, 0.1) is 28.0 Å². The molecule has 0 atom stereocenters. The molecular weight excluding hydrogens is 791 g/mol. The standard InChI is InChI=1S/C61H67N3O/c1-13-60(11,14-2)50-25-21-26-51(61(12,15-3)16-4)55(50)44-28-29-53(40(6)34-44)64-54-27-20-24-48(56(54)63-58(64)49-33-39(5)32-41(7)57(49)65)45-35-46(37-47(36-45)59(8,9)10)52-38-43(30-31-62-52)42-22-18-17-19-23-42/h17-38,65H,13-16H2,1-12H3/i6D3. The lowest BCUT2D eigenvalue weighted by Crippen LogP contribution is -2.25. The molecule has 0 bridgehead atoms. The lowest BCUT2D eigenvalue weighted by atomic mass is 9.68. The number of aromatic nitrogens is 3. The molecule has 4 heteroatoms. The van der Waals surface area contributed by atoms with Crippen LogP contribution in [-0.2, 0) is 16.2 Å². The number of aryl methyl sites for hydroxylation is 3. The zero-order valence-electron chi connectivity index (χ0n) is 43.3. The number of aromatic hydroxyl groups is 1. The maximum atomic E-state index is 11.9. The molecule has 0 aliphatic carbocycles. The van der Waals surface area contributed by atoms with E-state index in [1.165, 1.54) is 11.1 Å². The summed E-state index contributed by atoms with van der Waals surface area (Å²) in [4.78, 5) is 10.4. The maximum Gasteiger partial charge on any atom is 0.149 e. The van der Waals surface area contributed by atoms with Gasteiger partial charge in [0.2, 0.25) is 0 Å². The Morgan fingerprint density at radius 1 is 0.585 bits per heavy atom. The highest BCUT2D eigenvalue weighted by Crippen LogP contribution is 2.47. The summed E-state index contributed by atoms with van der Waals surface area (Å²) >= 11 is 0. The minimum atomic E-state index is -2.51. The van der Waals surface area contributed by atoms with Crippen LogP contribution < -0.4 is 0 Å². The van der Waals surface area contributed by atoms with Crippen molar-refractivity contribution in [1.82, 2.24) is 14.5 Å². The normalized spacial score (nSPS) is 13.2. The molecule has 0 spiro atoms. The Kier molecular flexibility index (Phi) is 11.2. The fourth-order valence-corrected chi connectivity index (χ4v) is 9.67. The Bertz CT molecular complexity index is 3110. The van der Waals surface area contributed by atoms with Gasteiger partial charge in [-0.15, -0.1) is 0 Å². The first kappa shape index (κ1) is 41.4. The van der Waals surface area contributed by atoms with Crippen LogP contribution in [0.15, 0.2) is 134 Å². The van der Waals surface area contributed by atoms with E-state index >= 15 is 0 Å². The van der Waals surface area contributed by atoms with E-state index in [0.29, 0.717) is 28.2 Å². The van der Waals surface area contributed by atoms with Crippen LogP contribution >= 0.6 is 0 Å². The molecule has 8 aromatic rings. The van der Waals surface area contributed by atoms with E-state index < -0.39 is 6.85 Å². The third-order valence-electron chi connectivity index (χ3n) is 14.7. The summed E-state index contributed by atoms with van der Waals surface area (Å²) in [6, 6.07) is 43.9. The molecule has 1 N–H and O–H groups in total. The van der Waals surface area contributed by atoms with Crippen LogP contribution in [0.25, 0.3) is 72.7 Å². The number of imidazole rings is 1. The van der Waals surface area contributed by atoms with E-state index in [2.05, 4.69) is 141 Å². The first-order valence-electron chi connectivity index (χ1n) is 25.0. The van der Waals surface area contributed by atoms with Crippen molar-refractivity contribution in [3.05, 3.63) is 167 Å². The molecule has 0 fully saturated rings. The topological polar surface area (TPSA) is 50.9 Å². The van der Waals surface area contributed by atoms with Gasteiger partial charge >= 0.3 is 0 Å². The van der Waals surface area contributed by atoms with Crippen LogP contribution in [0.2, 0.25) is 0 Å². The number of fused-ring (bicyclic) bond motifs is 1. The lowest BCUT2D eigenvalue weighted by molar-refractivity contribution is 0.426. The first-order valence-corrected chi connectivity index (χ1v) is 23.5. The molecule has 0 radical (unpaired) electrons. The molecule has 0 unspecified atom stereocenters. The van der Waals surface area contributed by atoms with E-state index in [-0.39, 0.29) is 27.6 Å². The SMILES string of the molecule is [2H]C([2H])([2H])c1cc(-c2c(C(C)(CC)CC)cccc2C(C)(CC)CC)ccc1-n1c(-c2cc(C)cc(C)c2O)nc2c(-c3cc(-c4cc(-c5ccccc5)ccn4)cc(C(C)(C)C)c3)cccc21. The van der Waals surface area contributed by atoms with E-state index in [4.69, 9.17) is 9.97 Å². The fourth-order valence-electron chi connectivity index (χ4n) is 9.67. The molecule has 2 heterocycles. The summed E-state index contributed by atoms with van der Waals surface area (Å²) in [5.41, 5.74) is 15.5. The molecule has 0 saturated heterocycles. The Hall–Kier alpha value is -6.26. The van der Waals surface area contributed by atoms with Gasteiger partial charge in [0.15, 0.2) is 0 Å². The van der Waals surface area contributed by atoms with Crippen molar-refractivity contribution in [1.29, 1.82) is 0 Å². The van der Waals surface area contributed by atoms with Gasteiger partial charge in [-0.25, -0.2) is 4.98 Å². The van der Waals surface area contributed by atoms with Gasteiger partial charge in [-0.05, 0) is 172 Å². The second kappa shape index (κ2) is 17.6. The van der Waals surface area contributed by atoms with Gasteiger partial charge < -0.3 is 5.11 Å². The molecule has 2 aromatic heterocycles. The van der Waals surface area contributed by atoms with Gasteiger partial charge in [-0.1, -0.05) is 141 Å². The predicted octanol–water partition coefficient (Wildman–Crippen LogP) is 16.8. The van der Waals surface area contributed by atoms with E-state index in [0.717, 1.165) is 87.0 Å². The molecule has 0 saturated carbocycles. The second-order valence-electron chi connectivity index (χ2n) is 19.8. The smallest absolute Gasteiger partial charge is 0.149 e. The monoisotopic (exact) mass is 861 g/mol. The average molecular weight is 861 g/mol. The largest absolute Gasteiger partial charge is 0.507 e. The minimum Gasteiger partial charge on any atom is -0.507 e. The number of benzene rings is 6. The van der Waals surface area contributed by atoms with Crippen molar-refractivity contribution >= 4 is 11.0 Å². The van der Waals surface area contributed by atoms with Crippen LogP contribution in [0, 0.1) is 20.7 Å². The Morgan fingerprint density at radius 3 is 1.89 bits per heavy atom. The van der Waals surface area contributed by atoms with Crippen molar-refractivity contribution in [2.45, 2.75) is 125 Å². The van der Waals surface area contributed by atoms with Gasteiger partial charge in [0.25, 0.3) is 0 Å². The van der Waals surface area contributed by atoms with Gasteiger partial charge in [0.1, 0.15) is 11.6 Å². The number of phenolic OH excluding ortho intramolecular Hbond substituents is 1. The molecule has 8 rings (SSSR count). The quantitative estimate of drug-likeness (QED) is 0.133. The van der Waals surface area contributed by atoms with E-state index in [1.54, 1.807) is 0 Å². The average Bonchev–Trinajstić information content (AvgIpc) is 3.73. The van der Waals surface area contributed by atoms with E-state index in [9.17, 15) is 9.22 Å². The van der Waals surface area contributed by atoms with Crippen molar-refractivity contribution in [3.63, 3.8) is 0 Å². The second-order valence-corrected chi connectivity index (χ2v) is 19.8. The van der Waals surface area contributed by atoms with Gasteiger partial charge in [-0.2, -0.15) is 0 Å². The van der Waals surface area contributed by atoms with Gasteiger partial charge in [-0.3, -0.25) is 9.55 Å². The summed E-state index contributed by atoms with van der Waals surface area (Å²) in [6.07, 6.45) is 5.66. The number of para-hydroxylation sites is 1. The summed E-state index contributed by atoms with van der Waals surface area (Å²) < 4.78 is 29.7. The molecular formula is C61H67N3O. The number of rotatable bonds is 12. The molecule has 0 aliphatic rings. The van der Waals surface area contributed by atoms with Crippen LogP contribution in [0.3, 0.4) is 0 Å². The van der Waals surface area contributed by atoms with Crippen molar-refractivity contribution in [3.8, 4) is 67.5 Å². The summed E-state index contributed by atoms with van der Waals surface area (Å²) in [7, 11) is 0. The maximum absolute atomic E-state index is 11.9. The third kappa shape index (κ3) is 8.33. The summed E-state index contributed by atoms with van der Waals surface area (Å²) in [5, 5.41) is 11.9. The van der Waals surface area contributed by atoms with Gasteiger partial charge in [0, 0.05) is 21.4 Å². The van der Waals surface area contributed by atoms with E-state index in [1.807, 2.05) is 73.1 Å². The number of hydrogen-bond donors (Lipinski definition) is 1. The first-order chi connectivity index (χ1) is 32.2. The minimum absolute atomic E-state index is 0.109.